The van der Waals surface area contributed by atoms with Crippen LogP contribution >= 0.6 is 0 Å². The molecule has 3 rings (SSSR count). The fraction of sp³-hybridized carbons (Fsp3) is 0.474. The molecule has 9 heteroatoms. The Morgan fingerprint density at radius 3 is 2.79 bits per heavy atom. The van der Waals surface area contributed by atoms with Crippen LogP contribution in [0.4, 0.5) is 0 Å². The lowest BCUT2D eigenvalue weighted by Crippen LogP contribution is -2.36. The van der Waals surface area contributed by atoms with Crippen LogP contribution in [0.2, 0.25) is 0 Å². The van der Waals surface area contributed by atoms with Crippen LogP contribution in [-0.2, 0) is 25.8 Å². The minimum Gasteiger partial charge on any atom is -0.483 e. The molecule has 1 saturated heterocycles. The fourth-order valence-corrected chi connectivity index (χ4v) is 5.15. The van der Waals surface area contributed by atoms with E-state index in [0.29, 0.717) is 25.9 Å². The highest BCUT2D eigenvalue weighted by Gasteiger charge is 2.30. The first-order valence-corrected chi connectivity index (χ1v) is 11.0. The van der Waals surface area contributed by atoms with Gasteiger partial charge in [-0.2, -0.15) is 0 Å². The van der Waals surface area contributed by atoms with Crippen LogP contribution in [0.1, 0.15) is 18.4 Å². The van der Waals surface area contributed by atoms with Crippen LogP contribution < -0.4 is 5.32 Å². The summed E-state index contributed by atoms with van der Waals surface area (Å²) in [6.07, 6.45) is 3.83. The third-order valence-corrected chi connectivity index (χ3v) is 6.67. The molecule has 28 heavy (non-hydrogen) atoms. The van der Waals surface area contributed by atoms with E-state index in [1.807, 2.05) is 36.3 Å². The molecule has 1 aliphatic rings. The Morgan fingerprint density at radius 1 is 1.39 bits per heavy atom. The Hall–Kier alpha value is -2.39. The van der Waals surface area contributed by atoms with Gasteiger partial charge in [0, 0.05) is 42.7 Å². The number of carbonyl (C=O) groups excluding carboxylic acids is 1. The maximum Gasteiger partial charge on any atom is 0.290 e. The highest BCUT2D eigenvalue weighted by molar-refractivity contribution is 7.91. The zero-order chi connectivity index (χ0) is 20.6. The Morgan fingerprint density at radius 2 is 2.11 bits per heavy atom. The average Bonchev–Trinajstić information content (AvgIpc) is 3.24. The van der Waals surface area contributed by atoms with Crippen LogP contribution in [-0.4, -0.2) is 73.5 Å². The third-order valence-electron chi connectivity index (χ3n) is 4.91. The lowest BCUT2D eigenvalue weighted by molar-refractivity contribution is -0.123. The highest BCUT2D eigenvalue weighted by atomic mass is 32.2. The summed E-state index contributed by atoms with van der Waals surface area (Å²) in [5.41, 5.74) is 2.31. The minimum atomic E-state index is -2.88. The molecule has 0 bridgehead atoms. The highest BCUT2D eigenvalue weighted by Crippen LogP contribution is 2.18. The summed E-state index contributed by atoms with van der Waals surface area (Å²) < 4.78 is 23.0. The quantitative estimate of drug-likeness (QED) is 0.588. The first-order chi connectivity index (χ1) is 13.4. The number of nitrogens with one attached hydrogen (secondary N) is 2. The molecule has 1 aliphatic heterocycles. The second kappa shape index (κ2) is 10.2. The molecule has 0 saturated carbocycles. The molecule has 0 aliphatic carbocycles. The third kappa shape index (κ3) is 6.35. The van der Waals surface area contributed by atoms with E-state index in [9.17, 15) is 13.2 Å². The van der Waals surface area contributed by atoms with Gasteiger partial charge in [0.25, 0.3) is 6.47 Å². The van der Waals surface area contributed by atoms with E-state index >= 15 is 0 Å². The zero-order valence-electron chi connectivity index (χ0n) is 15.9. The van der Waals surface area contributed by atoms with Crippen LogP contribution in [0.25, 0.3) is 10.9 Å². The maximum absolute atomic E-state index is 12.0. The number of hydrogen-bond acceptors (Lipinski definition) is 5. The van der Waals surface area contributed by atoms with E-state index in [2.05, 4.69) is 16.4 Å². The van der Waals surface area contributed by atoms with E-state index in [1.54, 1.807) is 0 Å². The molecule has 0 radical (unpaired) electrons. The summed E-state index contributed by atoms with van der Waals surface area (Å²) in [5, 5.41) is 11.0. The summed E-state index contributed by atoms with van der Waals surface area (Å²) in [6.45, 7) is 0.932. The van der Waals surface area contributed by atoms with Gasteiger partial charge in [-0.05, 0) is 31.5 Å². The van der Waals surface area contributed by atoms with Crippen molar-refractivity contribution in [2.24, 2.45) is 0 Å². The van der Waals surface area contributed by atoms with Gasteiger partial charge in [0.1, 0.15) is 0 Å². The summed E-state index contributed by atoms with van der Waals surface area (Å²) >= 11 is 0. The molecule has 3 N–H and O–H groups in total. The maximum atomic E-state index is 12.0. The van der Waals surface area contributed by atoms with Crippen molar-refractivity contribution in [3.63, 3.8) is 0 Å². The number of rotatable bonds is 7. The fourth-order valence-electron chi connectivity index (χ4n) is 3.35. The molecule has 1 atom stereocenters. The van der Waals surface area contributed by atoms with Crippen LogP contribution in [0.15, 0.2) is 30.5 Å². The summed E-state index contributed by atoms with van der Waals surface area (Å²) in [5.74, 6) is 0.484. The van der Waals surface area contributed by atoms with Gasteiger partial charge in [0.2, 0.25) is 5.91 Å². The van der Waals surface area contributed by atoms with Crippen molar-refractivity contribution < 1.29 is 23.1 Å². The number of benzene rings is 1. The molecule has 1 aromatic carbocycles. The standard InChI is InChI=1S/C18H25N3O3S.CH2O2/c1-21(15-8-11-25(23,24)13-15)10-7-18(22)19-9-6-14-12-20-17-5-3-2-4-16(14)17;2-1-3/h2-5,12,15,20H,6-11,13H2,1H3,(H,19,22);1H,(H,2,3). The number of para-hydroxylation sites is 1. The van der Waals surface area contributed by atoms with E-state index in [4.69, 9.17) is 9.90 Å². The van der Waals surface area contributed by atoms with E-state index in [-0.39, 0.29) is 29.9 Å². The Kier molecular flexibility index (Phi) is 8.01. The minimum absolute atomic E-state index is 0.00699. The van der Waals surface area contributed by atoms with Gasteiger partial charge >= 0.3 is 0 Å². The van der Waals surface area contributed by atoms with Crippen molar-refractivity contribution in [2.45, 2.75) is 25.3 Å². The number of H-pyrrole nitrogens is 1. The topological polar surface area (TPSA) is 120 Å². The lowest BCUT2D eigenvalue weighted by Gasteiger charge is -2.22. The molecule has 1 amide bonds. The van der Waals surface area contributed by atoms with E-state index in [1.165, 1.54) is 10.9 Å². The molecule has 8 nitrogen and oxygen atoms in total. The zero-order valence-corrected chi connectivity index (χ0v) is 16.7. The van der Waals surface area contributed by atoms with E-state index in [0.717, 1.165) is 11.9 Å². The van der Waals surface area contributed by atoms with Crippen molar-refractivity contribution in [3.8, 4) is 0 Å². The summed E-state index contributed by atoms with van der Waals surface area (Å²) in [6, 6.07) is 8.17. The Bertz CT molecular complexity index is 894. The molecular weight excluding hydrogens is 382 g/mol. The average molecular weight is 410 g/mol. The molecule has 2 heterocycles. The van der Waals surface area contributed by atoms with E-state index < -0.39 is 9.84 Å². The lowest BCUT2D eigenvalue weighted by atomic mass is 10.1. The SMILES string of the molecule is CN(CCC(=O)NCCc1c[nH]c2ccccc12)C1CCS(=O)(=O)C1.O=CO. The van der Waals surface area contributed by atoms with Crippen molar-refractivity contribution in [1.29, 1.82) is 0 Å². The summed E-state index contributed by atoms with van der Waals surface area (Å²) in [4.78, 5) is 25.6. The Labute approximate surface area is 164 Å². The largest absolute Gasteiger partial charge is 0.483 e. The molecular formula is C19H27N3O5S. The number of hydrogen-bond donors (Lipinski definition) is 3. The molecule has 0 spiro atoms. The molecule has 154 valence electrons. The molecule has 1 unspecified atom stereocenters. The van der Waals surface area contributed by atoms with Gasteiger partial charge in [-0.1, -0.05) is 18.2 Å². The number of fused-ring (bicyclic) bond motifs is 1. The van der Waals surface area contributed by atoms with Gasteiger partial charge in [-0.3, -0.25) is 9.59 Å². The number of sulfone groups is 1. The number of aromatic amines is 1. The number of carboxylic acid groups (broad SMARTS) is 1. The van der Waals surface area contributed by atoms with Crippen molar-refractivity contribution in [1.82, 2.24) is 15.2 Å². The number of aromatic nitrogens is 1. The van der Waals surface area contributed by atoms with Gasteiger partial charge in [-0.15, -0.1) is 0 Å². The van der Waals surface area contributed by atoms with Gasteiger partial charge in [-0.25, -0.2) is 8.42 Å². The number of nitrogens with zero attached hydrogens (tertiary/aromatic N) is 1. The Balaban J connectivity index is 0.000000878. The monoisotopic (exact) mass is 409 g/mol. The summed E-state index contributed by atoms with van der Waals surface area (Å²) in [7, 11) is -0.988. The molecule has 2 aromatic rings. The number of amides is 1. The van der Waals surface area contributed by atoms with Crippen LogP contribution in [0.3, 0.4) is 0 Å². The predicted molar refractivity (Wildman–Crippen MR) is 108 cm³/mol. The van der Waals surface area contributed by atoms with Crippen LogP contribution in [0.5, 0.6) is 0 Å². The molecule has 1 fully saturated rings. The van der Waals surface area contributed by atoms with Crippen molar-refractivity contribution >= 4 is 33.1 Å². The first kappa shape index (κ1) is 21.9. The van der Waals surface area contributed by atoms with Gasteiger partial charge in [0.15, 0.2) is 9.84 Å². The molecule has 1 aromatic heterocycles. The predicted octanol–water partition coefficient (Wildman–Crippen LogP) is 1.04. The van der Waals surface area contributed by atoms with Gasteiger partial charge < -0.3 is 20.3 Å². The smallest absolute Gasteiger partial charge is 0.290 e. The number of carbonyl (C=O) groups is 2. The van der Waals surface area contributed by atoms with Crippen LogP contribution in [0, 0.1) is 0 Å². The normalized spacial score (nSPS) is 17.9. The van der Waals surface area contributed by atoms with Gasteiger partial charge in [0.05, 0.1) is 11.5 Å². The second-order valence-electron chi connectivity index (χ2n) is 6.85. The first-order valence-electron chi connectivity index (χ1n) is 9.16. The second-order valence-corrected chi connectivity index (χ2v) is 9.08. The van der Waals surface area contributed by atoms with Crippen molar-refractivity contribution in [2.75, 3.05) is 31.6 Å². The van der Waals surface area contributed by atoms with Crippen molar-refractivity contribution in [3.05, 3.63) is 36.0 Å².